The van der Waals surface area contributed by atoms with Gasteiger partial charge in [-0.25, -0.2) is 0 Å². The highest BCUT2D eigenvalue weighted by Crippen LogP contribution is 2.34. The number of halogens is 3. The molecule has 2 rings (SSSR count). The van der Waals surface area contributed by atoms with Gasteiger partial charge in [-0.3, -0.25) is 0 Å². The van der Waals surface area contributed by atoms with Gasteiger partial charge in [0.1, 0.15) is 0 Å². The second-order valence-electron chi connectivity index (χ2n) is 5.34. The highest BCUT2D eigenvalue weighted by atomic mass is 19.4. The standard InChI is InChI=1S/C19H19F3O/c1-2-3-9-17(14-7-5-4-6-8-14)18(23)15-10-12-16(13-11-15)19(20,21)22/h3-13,17-18,23H,2H2,1H3/b9-3+. The predicted molar refractivity (Wildman–Crippen MR) is 85.0 cm³/mol. The van der Waals surface area contributed by atoms with Gasteiger partial charge in [0.25, 0.3) is 0 Å². The van der Waals surface area contributed by atoms with E-state index in [1.165, 1.54) is 12.1 Å². The number of hydrogen-bond acceptors (Lipinski definition) is 1. The van der Waals surface area contributed by atoms with E-state index in [0.29, 0.717) is 5.56 Å². The molecule has 0 radical (unpaired) electrons. The Balaban J connectivity index is 2.30. The number of aliphatic hydroxyl groups excluding tert-OH is 1. The molecule has 2 aromatic carbocycles. The van der Waals surface area contributed by atoms with Crippen molar-refractivity contribution in [3.05, 3.63) is 83.4 Å². The summed E-state index contributed by atoms with van der Waals surface area (Å²) >= 11 is 0. The Morgan fingerprint density at radius 3 is 2.09 bits per heavy atom. The average molecular weight is 320 g/mol. The molecule has 0 saturated heterocycles. The Morgan fingerprint density at radius 2 is 1.57 bits per heavy atom. The van der Waals surface area contributed by atoms with Crippen LogP contribution < -0.4 is 0 Å². The number of rotatable bonds is 5. The molecule has 0 heterocycles. The zero-order chi connectivity index (χ0) is 16.9. The SMILES string of the molecule is CC/C=C/C(c1ccccc1)C(O)c1ccc(C(F)(F)F)cc1. The lowest BCUT2D eigenvalue weighted by atomic mass is 9.88. The Morgan fingerprint density at radius 1 is 0.957 bits per heavy atom. The molecular weight excluding hydrogens is 301 g/mol. The fourth-order valence-corrected chi connectivity index (χ4v) is 2.43. The highest BCUT2D eigenvalue weighted by molar-refractivity contribution is 5.32. The van der Waals surface area contributed by atoms with Gasteiger partial charge in [-0.1, -0.05) is 61.5 Å². The van der Waals surface area contributed by atoms with Gasteiger partial charge in [-0.15, -0.1) is 0 Å². The van der Waals surface area contributed by atoms with E-state index < -0.39 is 17.8 Å². The largest absolute Gasteiger partial charge is 0.416 e. The first-order valence-electron chi connectivity index (χ1n) is 7.50. The van der Waals surface area contributed by atoms with Crippen LogP contribution in [0.5, 0.6) is 0 Å². The van der Waals surface area contributed by atoms with Crippen LogP contribution in [0.3, 0.4) is 0 Å². The van der Waals surface area contributed by atoms with Gasteiger partial charge in [0.2, 0.25) is 0 Å². The first-order chi connectivity index (χ1) is 10.9. The van der Waals surface area contributed by atoms with Gasteiger partial charge in [-0.2, -0.15) is 13.2 Å². The zero-order valence-corrected chi connectivity index (χ0v) is 12.8. The maximum absolute atomic E-state index is 12.6. The van der Waals surface area contributed by atoms with E-state index in [-0.39, 0.29) is 5.92 Å². The molecule has 4 heteroatoms. The van der Waals surface area contributed by atoms with Crippen LogP contribution in [-0.4, -0.2) is 5.11 Å². The van der Waals surface area contributed by atoms with Crippen LogP contribution in [0.1, 0.15) is 42.1 Å². The quantitative estimate of drug-likeness (QED) is 0.722. The van der Waals surface area contributed by atoms with Crippen molar-refractivity contribution in [3.8, 4) is 0 Å². The fourth-order valence-electron chi connectivity index (χ4n) is 2.43. The van der Waals surface area contributed by atoms with E-state index in [1.807, 2.05) is 49.4 Å². The first-order valence-corrected chi connectivity index (χ1v) is 7.50. The van der Waals surface area contributed by atoms with Gasteiger partial charge in [-0.05, 0) is 29.7 Å². The molecule has 1 N–H and O–H groups in total. The molecular formula is C19H19F3O. The van der Waals surface area contributed by atoms with E-state index in [0.717, 1.165) is 24.1 Å². The summed E-state index contributed by atoms with van der Waals surface area (Å²) in [5.74, 6) is -0.298. The third-order valence-corrected chi connectivity index (χ3v) is 3.68. The minimum absolute atomic E-state index is 0.298. The van der Waals surface area contributed by atoms with Crippen LogP contribution in [0.25, 0.3) is 0 Å². The van der Waals surface area contributed by atoms with Crippen LogP contribution >= 0.6 is 0 Å². The zero-order valence-electron chi connectivity index (χ0n) is 12.8. The molecule has 1 nitrogen and oxygen atoms in total. The van der Waals surface area contributed by atoms with Gasteiger partial charge in [0, 0.05) is 5.92 Å². The van der Waals surface area contributed by atoms with Crippen LogP contribution in [0.4, 0.5) is 13.2 Å². The molecule has 2 atom stereocenters. The minimum Gasteiger partial charge on any atom is -0.387 e. The summed E-state index contributed by atoms with van der Waals surface area (Å²) in [6, 6.07) is 14.1. The van der Waals surface area contributed by atoms with Gasteiger partial charge in [0.05, 0.1) is 11.7 Å². The van der Waals surface area contributed by atoms with Crippen LogP contribution in [0.15, 0.2) is 66.7 Å². The number of alkyl halides is 3. The molecule has 0 spiro atoms. The molecule has 0 aromatic heterocycles. The Hall–Kier alpha value is -2.07. The average Bonchev–Trinajstić information content (AvgIpc) is 2.55. The smallest absolute Gasteiger partial charge is 0.387 e. The monoisotopic (exact) mass is 320 g/mol. The maximum Gasteiger partial charge on any atom is 0.416 e. The molecule has 2 unspecified atom stereocenters. The van der Waals surface area contributed by atoms with Crippen molar-refractivity contribution in [3.63, 3.8) is 0 Å². The number of allylic oxidation sites excluding steroid dienone is 1. The second-order valence-corrected chi connectivity index (χ2v) is 5.34. The summed E-state index contributed by atoms with van der Waals surface area (Å²) < 4.78 is 37.9. The molecule has 0 saturated carbocycles. The van der Waals surface area contributed by atoms with Crippen LogP contribution in [-0.2, 0) is 6.18 Å². The topological polar surface area (TPSA) is 20.2 Å². The normalized spacial score (nSPS) is 14.8. The van der Waals surface area contributed by atoms with Gasteiger partial charge >= 0.3 is 6.18 Å². The fraction of sp³-hybridized carbons (Fsp3) is 0.263. The third-order valence-electron chi connectivity index (χ3n) is 3.68. The molecule has 23 heavy (non-hydrogen) atoms. The van der Waals surface area contributed by atoms with E-state index in [4.69, 9.17) is 0 Å². The van der Waals surface area contributed by atoms with Crippen molar-refractivity contribution >= 4 is 0 Å². The Labute approximate surface area is 134 Å². The molecule has 0 amide bonds. The summed E-state index contributed by atoms with van der Waals surface area (Å²) in [4.78, 5) is 0. The summed E-state index contributed by atoms with van der Waals surface area (Å²) in [6.45, 7) is 1.99. The van der Waals surface area contributed by atoms with E-state index in [1.54, 1.807) is 0 Å². The molecule has 2 aromatic rings. The van der Waals surface area contributed by atoms with Crippen molar-refractivity contribution < 1.29 is 18.3 Å². The Kier molecular flexibility index (Phi) is 5.61. The van der Waals surface area contributed by atoms with Gasteiger partial charge < -0.3 is 5.11 Å². The maximum atomic E-state index is 12.6. The Bertz CT molecular complexity index is 630. The van der Waals surface area contributed by atoms with Gasteiger partial charge in [0.15, 0.2) is 0 Å². The third kappa shape index (κ3) is 4.45. The molecule has 0 bridgehead atoms. The molecule has 0 fully saturated rings. The van der Waals surface area contributed by atoms with Crippen LogP contribution in [0.2, 0.25) is 0 Å². The number of hydrogen-bond donors (Lipinski definition) is 1. The lowest BCUT2D eigenvalue weighted by Crippen LogP contribution is -2.10. The summed E-state index contributed by atoms with van der Waals surface area (Å²) in [5, 5.41) is 10.6. The van der Waals surface area contributed by atoms with Crippen molar-refractivity contribution in [1.29, 1.82) is 0 Å². The lowest BCUT2D eigenvalue weighted by Gasteiger charge is -2.21. The molecule has 0 aliphatic heterocycles. The summed E-state index contributed by atoms with van der Waals surface area (Å²) in [7, 11) is 0. The lowest BCUT2D eigenvalue weighted by molar-refractivity contribution is -0.137. The predicted octanol–water partition coefficient (Wildman–Crippen LogP) is 5.49. The summed E-state index contributed by atoms with van der Waals surface area (Å²) in [5.41, 5.74) is 0.672. The first kappa shape index (κ1) is 17.3. The van der Waals surface area contributed by atoms with E-state index in [2.05, 4.69) is 0 Å². The van der Waals surface area contributed by atoms with Crippen LogP contribution in [0, 0.1) is 0 Å². The van der Waals surface area contributed by atoms with E-state index in [9.17, 15) is 18.3 Å². The highest BCUT2D eigenvalue weighted by Gasteiger charge is 2.30. The number of aliphatic hydroxyl groups is 1. The van der Waals surface area contributed by atoms with Crippen molar-refractivity contribution in [2.24, 2.45) is 0 Å². The molecule has 122 valence electrons. The molecule has 0 aliphatic rings. The number of benzene rings is 2. The second kappa shape index (κ2) is 7.47. The molecule has 0 aliphatic carbocycles. The van der Waals surface area contributed by atoms with Crippen molar-refractivity contribution in [2.45, 2.75) is 31.5 Å². The van der Waals surface area contributed by atoms with Crippen molar-refractivity contribution in [2.75, 3.05) is 0 Å². The van der Waals surface area contributed by atoms with Crippen molar-refractivity contribution in [1.82, 2.24) is 0 Å². The van der Waals surface area contributed by atoms with E-state index >= 15 is 0 Å². The minimum atomic E-state index is -4.37. The summed E-state index contributed by atoms with van der Waals surface area (Å²) in [6.07, 6.45) is -0.599.